The maximum atomic E-state index is 2.53. The molecule has 3 nitrogen and oxygen atoms in total. The SMILES string of the molecule is c1ccc(-c2cccc3c2c2cc(-n4c5ccccc5c5cc([Si](c6ccccc6)(c6ccccc6)c6ccccc6)ccc54)ccc2n3-c2cccc([Si](c3ccccc3)(c3ccccc3)c3cccc(-n4c5ccccc5c5ccccc54)c3)c2)cc1. The number of hydrogen-bond acceptors (Lipinski definition) is 0. The summed E-state index contributed by atoms with van der Waals surface area (Å²) in [5, 5.41) is 18.1. The second-order valence-electron chi connectivity index (χ2n) is 23.5. The van der Waals surface area contributed by atoms with Crippen molar-refractivity contribution in [2.75, 3.05) is 0 Å². The summed E-state index contributed by atoms with van der Waals surface area (Å²) < 4.78 is 7.50. The van der Waals surface area contributed by atoms with E-state index in [1.54, 1.807) is 0 Å². The number of hydrogen-bond donors (Lipinski definition) is 0. The Bertz CT molecular complexity index is 5290. The molecule has 0 aliphatic heterocycles. The Labute approximate surface area is 519 Å². The molecule has 0 saturated heterocycles. The molecule has 0 spiro atoms. The van der Waals surface area contributed by atoms with E-state index in [2.05, 4.69) is 372 Å². The summed E-state index contributed by atoms with van der Waals surface area (Å²) in [5.41, 5.74) is 12.8. The van der Waals surface area contributed by atoms with Crippen LogP contribution in [0, 0.1) is 0 Å². The van der Waals surface area contributed by atoms with Crippen LogP contribution in [0.4, 0.5) is 0 Å². The summed E-state index contributed by atoms with van der Waals surface area (Å²) in [4.78, 5) is 0. The van der Waals surface area contributed by atoms with E-state index >= 15 is 0 Å². The molecule has 0 aliphatic rings. The summed E-state index contributed by atoms with van der Waals surface area (Å²) in [6.07, 6.45) is 0. The van der Waals surface area contributed by atoms with Gasteiger partial charge in [-0.25, -0.2) is 0 Å². The topological polar surface area (TPSA) is 14.8 Å². The van der Waals surface area contributed by atoms with E-state index in [0.29, 0.717) is 0 Å². The van der Waals surface area contributed by atoms with Gasteiger partial charge in [0.05, 0.1) is 33.1 Å². The summed E-state index contributed by atoms with van der Waals surface area (Å²) in [7, 11) is -5.95. The number of fused-ring (bicyclic) bond motifs is 9. The second kappa shape index (κ2) is 21.4. The number of aromatic nitrogens is 3. The number of para-hydroxylation sites is 3. The van der Waals surface area contributed by atoms with E-state index in [1.807, 2.05) is 0 Å². The molecule has 14 aromatic carbocycles. The summed E-state index contributed by atoms with van der Waals surface area (Å²) in [6, 6.07) is 135. The first-order valence-corrected chi connectivity index (χ1v) is 34.8. The zero-order valence-corrected chi connectivity index (χ0v) is 50.9. The Morgan fingerprint density at radius 1 is 0.180 bits per heavy atom. The summed E-state index contributed by atoms with van der Waals surface area (Å²) >= 11 is 0. The molecule has 17 aromatic rings. The van der Waals surface area contributed by atoms with Crippen LogP contribution in [-0.2, 0) is 0 Å². The van der Waals surface area contributed by atoms with Gasteiger partial charge in [0.1, 0.15) is 0 Å². The van der Waals surface area contributed by atoms with Crippen molar-refractivity contribution >= 4 is 123 Å². The highest BCUT2D eigenvalue weighted by molar-refractivity contribution is 7.20. The van der Waals surface area contributed by atoms with Crippen molar-refractivity contribution in [3.63, 3.8) is 0 Å². The van der Waals surface area contributed by atoms with E-state index in [0.717, 1.165) is 28.1 Å². The molecule has 0 radical (unpaired) electrons. The third-order valence-corrected chi connectivity index (χ3v) is 28.4. The lowest BCUT2D eigenvalue weighted by molar-refractivity contribution is 1.17. The average Bonchev–Trinajstić information content (AvgIpc) is 1.75. The molecule has 0 unspecified atom stereocenters. The second-order valence-corrected chi connectivity index (χ2v) is 31.1. The molecule has 17 rings (SSSR count). The van der Waals surface area contributed by atoms with Crippen molar-refractivity contribution in [3.05, 3.63) is 358 Å². The van der Waals surface area contributed by atoms with E-state index in [4.69, 9.17) is 0 Å². The van der Waals surface area contributed by atoms with Crippen LogP contribution in [-0.4, -0.2) is 29.8 Å². The smallest absolute Gasteiger partial charge is 0.179 e. The zero-order valence-electron chi connectivity index (χ0n) is 48.9. The van der Waals surface area contributed by atoms with Crippen LogP contribution in [0.1, 0.15) is 0 Å². The van der Waals surface area contributed by atoms with Crippen LogP contribution in [0.5, 0.6) is 0 Å². The van der Waals surface area contributed by atoms with Crippen LogP contribution in [0.25, 0.3) is 93.6 Å². The lowest BCUT2D eigenvalue weighted by Crippen LogP contribution is -2.74. The minimum absolute atomic E-state index is 1.12. The molecule has 3 heterocycles. The van der Waals surface area contributed by atoms with Gasteiger partial charge in [-0.3, -0.25) is 0 Å². The van der Waals surface area contributed by atoms with E-state index in [9.17, 15) is 0 Å². The van der Waals surface area contributed by atoms with Crippen molar-refractivity contribution in [1.29, 1.82) is 0 Å². The molecule has 5 heteroatoms. The molecule has 418 valence electrons. The average molecular weight is 1170 g/mol. The first-order valence-electron chi connectivity index (χ1n) is 30.8. The Hall–Kier alpha value is -11.1. The number of rotatable bonds is 12. The highest BCUT2D eigenvalue weighted by atomic mass is 28.3. The lowest BCUT2D eigenvalue weighted by Gasteiger charge is -2.35. The fraction of sp³-hybridized carbons (Fsp3) is 0. The van der Waals surface area contributed by atoms with Gasteiger partial charge in [0.15, 0.2) is 16.1 Å². The van der Waals surface area contributed by atoms with Crippen LogP contribution in [0.2, 0.25) is 0 Å². The normalized spacial score (nSPS) is 12.0. The minimum atomic E-state index is -3.12. The van der Waals surface area contributed by atoms with E-state index < -0.39 is 16.1 Å². The van der Waals surface area contributed by atoms with Crippen molar-refractivity contribution in [3.8, 4) is 28.2 Å². The van der Waals surface area contributed by atoms with Crippen molar-refractivity contribution < 1.29 is 0 Å². The standard InChI is InChI=1S/C84H59N3Si2/c1-7-28-60(29-8-1)72-47-27-51-83-84(72)77-58-63(86-80-50-24-21-46-75(80)76-59-71(53-55-81(76)86)88(64-32-9-2-10-33-64,65-34-11-3-12-35-65)66-36-13-4-14-37-66)52-54-82(77)87(83)62-31-26-43-70(57-62)89(67-38-15-5-16-39-67,68-40-17-6-18-41-68)69-42-25-30-61(56-69)85-78-48-22-19-44-73(78)74-45-20-23-49-79(74)85/h1-59H. The van der Waals surface area contributed by atoms with Crippen LogP contribution >= 0.6 is 0 Å². The van der Waals surface area contributed by atoms with Crippen molar-refractivity contribution in [2.45, 2.75) is 0 Å². The maximum absolute atomic E-state index is 3.12. The molecular weight excluding hydrogens is 1110 g/mol. The highest BCUT2D eigenvalue weighted by Gasteiger charge is 2.43. The fourth-order valence-electron chi connectivity index (χ4n) is 15.2. The van der Waals surface area contributed by atoms with Gasteiger partial charge >= 0.3 is 0 Å². The van der Waals surface area contributed by atoms with Gasteiger partial charge in [-0.15, -0.1) is 0 Å². The molecule has 89 heavy (non-hydrogen) atoms. The molecule has 0 amide bonds. The monoisotopic (exact) mass is 1170 g/mol. The molecular formula is C84H59N3Si2. The van der Waals surface area contributed by atoms with Crippen LogP contribution < -0.4 is 41.5 Å². The van der Waals surface area contributed by atoms with Crippen LogP contribution in [0.3, 0.4) is 0 Å². The Kier molecular flexibility index (Phi) is 12.6. The predicted octanol–water partition coefficient (Wildman–Crippen LogP) is 15.4. The molecule has 0 fully saturated rings. The van der Waals surface area contributed by atoms with Gasteiger partial charge in [-0.1, -0.05) is 285 Å². The zero-order chi connectivity index (χ0) is 58.9. The van der Waals surface area contributed by atoms with Gasteiger partial charge < -0.3 is 13.7 Å². The summed E-state index contributed by atoms with van der Waals surface area (Å²) in [6.45, 7) is 0. The maximum Gasteiger partial charge on any atom is 0.179 e. The number of nitrogens with zero attached hydrogens (tertiary/aromatic N) is 3. The van der Waals surface area contributed by atoms with Gasteiger partial charge in [0, 0.05) is 49.4 Å². The molecule has 3 aromatic heterocycles. The molecule has 0 atom stereocenters. The first kappa shape index (κ1) is 52.3. The highest BCUT2D eigenvalue weighted by Crippen LogP contribution is 2.41. The first-order chi connectivity index (χ1) is 44.2. The van der Waals surface area contributed by atoms with Crippen molar-refractivity contribution in [1.82, 2.24) is 13.7 Å². The molecule has 0 N–H and O–H groups in total. The van der Waals surface area contributed by atoms with Crippen molar-refractivity contribution in [2.24, 2.45) is 0 Å². The predicted molar refractivity (Wildman–Crippen MR) is 382 cm³/mol. The third-order valence-electron chi connectivity index (χ3n) is 18.9. The number of benzene rings is 14. The van der Waals surface area contributed by atoms with E-state index in [-0.39, 0.29) is 0 Å². The van der Waals surface area contributed by atoms with Gasteiger partial charge in [0.25, 0.3) is 0 Å². The van der Waals surface area contributed by atoms with Gasteiger partial charge in [0.2, 0.25) is 0 Å². The molecule has 0 aliphatic carbocycles. The van der Waals surface area contributed by atoms with E-state index in [1.165, 1.54) is 107 Å². The lowest BCUT2D eigenvalue weighted by atomic mass is 9.99. The largest absolute Gasteiger partial charge is 0.309 e. The fourth-order valence-corrected chi connectivity index (χ4v) is 24.8. The van der Waals surface area contributed by atoms with Gasteiger partial charge in [-0.05, 0) is 125 Å². The Morgan fingerprint density at radius 3 is 0.966 bits per heavy atom. The quantitative estimate of drug-likeness (QED) is 0.0855. The summed E-state index contributed by atoms with van der Waals surface area (Å²) in [5.74, 6) is 0. The molecule has 0 bridgehead atoms. The minimum Gasteiger partial charge on any atom is -0.309 e. The van der Waals surface area contributed by atoms with Crippen LogP contribution in [0.15, 0.2) is 358 Å². The van der Waals surface area contributed by atoms with Gasteiger partial charge in [-0.2, -0.15) is 0 Å². The third kappa shape index (κ3) is 8.17. The molecule has 0 saturated carbocycles. The Balaban J connectivity index is 0.893. The Morgan fingerprint density at radius 2 is 0.494 bits per heavy atom.